The van der Waals surface area contributed by atoms with Crippen molar-refractivity contribution in [1.82, 2.24) is 4.90 Å². The lowest BCUT2D eigenvalue weighted by Crippen LogP contribution is -2.29. The molecule has 0 radical (unpaired) electrons. The monoisotopic (exact) mass is 479 g/mol. The van der Waals surface area contributed by atoms with Crippen molar-refractivity contribution in [1.29, 1.82) is 5.26 Å². The second-order valence-corrected chi connectivity index (χ2v) is 9.32. The van der Waals surface area contributed by atoms with E-state index in [1.807, 2.05) is 55.6 Å². The van der Waals surface area contributed by atoms with E-state index in [9.17, 15) is 10.1 Å². The smallest absolute Gasteiger partial charge is 0.268 e. The Labute approximate surface area is 209 Å². The number of amidine groups is 1. The zero-order valence-corrected chi connectivity index (χ0v) is 20.3. The molecule has 3 aromatic carbocycles. The van der Waals surface area contributed by atoms with E-state index < -0.39 is 0 Å². The number of hydrogen-bond donors (Lipinski definition) is 1. The quantitative estimate of drug-likeness (QED) is 0.462. The van der Waals surface area contributed by atoms with E-state index in [-0.39, 0.29) is 5.91 Å². The lowest BCUT2D eigenvalue weighted by molar-refractivity contribution is -0.122. The second-order valence-electron chi connectivity index (χ2n) is 8.31. The maximum Gasteiger partial charge on any atom is 0.268 e. The molecular weight excluding hydrogens is 454 g/mol. The molecule has 0 aromatic heterocycles. The maximum atomic E-state index is 13.6. The van der Waals surface area contributed by atoms with Crippen LogP contribution in [0.2, 0.25) is 0 Å². The molecule has 7 heteroatoms. The minimum Gasteiger partial charge on any atom is -0.384 e. The molecular formula is C28H25N5OS. The Hall–Kier alpha value is -4.02. The summed E-state index contributed by atoms with van der Waals surface area (Å²) in [5.41, 5.74) is 5.46. The van der Waals surface area contributed by atoms with Gasteiger partial charge in [0.05, 0.1) is 34.5 Å². The van der Waals surface area contributed by atoms with E-state index in [2.05, 4.69) is 34.5 Å². The average molecular weight is 480 g/mol. The summed E-state index contributed by atoms with van der Waals surface area (Å²) in [6.07, 6.45) is 2.91. The number of rotatable bonds is 6. The summed E-state index contributed by atoms with van der Waals surface area (Å²) in [5, 5.41) is 13.3. The lowest BCUT2D eigenvalue weighted by Gasteiger charge is -2.17. The van der Waals surface area contributed by atoms with Crippen molar-refractivity contribution in [2.24, 2.45) is 4.99 Å². The van der Waals surface area contributed by atoms with Gasteiger partial charge in [-0.3, -0.25) is 9.69 Å². The van der Waals surface area contributed by atoms with E-state index in [1.54, 1.807) is 17.0 Å². The van der Waals surface area contributed by atoms with Gasteiger partial charge in [0, 0.05) is 25.0 Å². The van der Waals surface area contributed by atoms with Crippen LogP contribution in [0.25, 0.3) is 0 Å². The van der Waals surface area contributed by atoms with Crippen molar-refractivity contribution in [3.63, 3.8) is 0 Å². The van der Waals surface area contributed by atoms with Crippen LogP contribution in [-0.2, 0) is 17.8 Å². The molecule has 0 aliphatic carbocycles. The van der Waals surface area contributed by atoms with E-state index in [0.29, 0.717) is 27.9 Å². The van der Waals surface area contributed by atoms with Crippen LogP contribution in [0, 0.1) is 11.3 Å². The highest BCUT2D eigenvalue weighted by atomic mass is 32.2. The van der Waals surface area contributed by atoms with Gasteiger partial charge >= 0.3 is 0 Å². The van der Waals surface area contributed by atoms with Crippen LogP contribution >= 0.6 is 11.8 Å². The Balaban J connectivity index is 1.54. The van der Waals surface area contributed by atoms with Crippen molar-refractivity contribution in [2.75, 3.05) is 23.3 Å². The summed E-state index contributed by atoms with van der Waals surface area (Å²) >= 11 is 1.38. The Morgan fingerprint density at radius 3 is 2.71 bits per heavy atom. The number of aliphatic imine (C=N–C) groups is 1. The van der Waals surface area contributed by atoms with Gasteiger partial charge in [0.25, 0.3) is 5.91 Å². The molecule has 2 aliphatic heterocycles. The van der Waals surface area contributed by atoms with Crippen LogP contribution in [0.15, 0.2) is 88.9 Å². The molecule has 0 bridgehead atoms. The Morgan fingerprint density at radius 2 is 1.91 bits per heavy atom. The third-order valence-corrected chi connectivity index (χ3v) is 6.97. The van der Waals surface area contributed by atoms with Crippen LogP contribution in [0.3, 0.4) is 0 Å². The number of hydrogen-bond acceptors (Lipinski definition) is 6. The topological polar surface area (TPSA) is 71.7 Å². The molecule has 0 saturated carbocycles. The van der Waals surface area contributed by atoms with Crippen molar-refractivity contribution in [3.8, 4) is 6.07 Å². The molecule has 174 valence electrons. The Bertz CT molecular complexity index is 1360. The largest absolute Gasteiger partial charge is 0.384 e. The predicted molar refractivity (Wildman–Crippen MR) is 143 cm³/mol. The molecule has 3 aromatic rings. The summed E-state index contributed by atoms with van der Waals surface area (Å²) < 4.78 is 0. The number of thioether (sulfide) groups is 1. The third kappa shape index (κ3) is 4.79. The molecule has 1 saturated heterocycles. The Morgan fingerprint density at radius 1 is 1.11 bits per heavy atom. The first-order chi connectivity index (χ1) is 17.2. The predicted octanol–water partition coefficient (Wildman–Crippen LogP) is 5.66. The number of amides is 1. The number of para-hydroxylation sites is 1. The second kappa shape index (κ2) is 10.1. The van der Waals surface area contributed by atoms with Gasteiger partial charge < -0.3 is 10.2 Å². The van der Waals surface area contributed by atoms with E-state index in [0.717, 1.165) is 36.4 Å². The molecule has 35 heavy (non-hydrogen) atoms. The van der Waals surface area contributed by atoms with Gasteiger partial charge in [-0.1, -0.05) is 48.5 Å². The van der Waals surface area contributed by atoms with E-state index in [4.69, 9.17) is 4.99 Å². The minimum atomic E-state index is -0.0663. The van der Waals surface area contributed by atoms with E-state index in [1.165, 1.54) is 17.3 Å². The molecule has 0 atom stereocenters. The fourth-order valence-corrected chi connectivity index (χ4v) is 5.24. The van der Waals surface area contributed by atoms with Crippen LogP contribution in [0.4, 0.5) is 17.1 Å². The Kier molecular flexibility index (Phi) is 6.55. The van der Waals surface area contributed by atoms with Crippen molar-refractivity contribution in [2.45, 2.75) is 19.9 Å². The standard InChI is InChI=1S/C28H25N5OS/c1-2-30-23-13-12-21(17-29)16-24(23)31-28-33(18-20-8-4-3-5-9-20)27(34)26(35-28)19-32-15-14-22-10-6-7-11-25(22)32/h3-13,16,19,30H,2,14-15,18H2,1H3/b26-19-,31-28?. The fraction of sp³-hybridized carbons (Fsp3) is 0.179. The molecule has 1 fully saturated rings. The summed E-state index contributed by atoms with van der Waals surface area (Å²) in [6.45, 7) is 4.01. The molecule has 2 aliphatic rings. The first kappa shape index (κ1) is 22.8. The highest BCUT2D eigenvalue weighted by Crippen LogP contribution is 2.38. The third-order valence-electron chi connectivity index (χ3n) is 5.98. The molecule has 0 unspecified atom stereocenters. The number of fused-ring (bicyclic) bond motifs is 1. The van der Waals surface area contributed by atoms with E-state index >= 15 is 0 Å². The van der Waals surface area contributed by atoms with Gasteiger partial charge in [-0.15, -0.1) is 0 Å². The van der Waals surface area contributed by atoms with Crippen LogP contribution < -0.4 is 10.2 Å². The zero-order valence-electron chi connectivity index (χ0n) is 19.4. The zero-order chi connectivity index (χ0) is 24.2. The lowest BCUT2D eigenvalue weighted by atomic mass is 10.2. The molecule has 5 rings (SSSR count). The maximum absolute atomic E-state index is 13.6. The van der Waals surface area contributed by atoms with Gasteiger partial charge in [0.1, 0.15) is 0 Å². The van der Waals surface area contributed by atoms with Crippen LogP contribution in [0.5, 0.6) is 0 Å². The molecule has 1 N–H and O–H groups in total. The number of nitriles is 1. The van der Waals surface area contributed by atoms with Crippen molar-refractivity contribution < 1.29 is 4.79 Å². The number of nitrogens with zero attached hydrogens (tertiary/aromatic N) is 4. The summed E-state index contributed by atoms with van der Waals surface area (Å²) in [5.74, 6) is -0.0663. The van der Waals surface area contributed by atoms with Gasteiger partial charge in [0.2, 0.25) is 0 Å². The number of carbonyl (C=O) groups is 1. The number of nitrogens with one attached hydrogen (secondary N) is 1. The normalized spacial score (nSPS) is 17.2. The van der Waals surface area contributed by atoms with Gasteiger partial charge in [0.15, 0.2) is 5.17 Å². The fourth-order valence-electron chi connectivity index (χ4n) is 4.26. The van der Waals surface area contributed by atoms with Crippen molar-refractivity contribution in [3.05, 3.63) is 101 Å². The first-order valence-corrected chi connectivity index (χ1v) is 12.4. The van der Waals surface area contributed by atoms with Gasteiger partial charge in [-0.2, -0.15) is 5.26 Å². The van der Waals surface area contributed by atoms with Crippen LogP contribution in [0.1, 0.15) is 23.6 Å². The number of anilines is 2. The highest BCUT2D eigenvalue weighted by molar-refractivity contribution is 8.18. The summed E-state index contributed by atoms with van der Waals surface area (Å²) in [7, 11) is 0. The average Bonchev–Trinajstić information content (AvgIpc) is 3.42. The summed E-state index contributed by atoms with van der Waals surface area (Å²) in [6, 6.07) is 25.8. The SMILES string of the molecule is CCNc1ccc(C#N)cc1N=C1S/C(=C\N2CCc3ccccc32)C(=O)N1Cc1ccccc1. The molecule has 2 heterocycles. The van der Waals surface area contributed by atoms with Gasteiger partial charge in [-0.05, 0) is 60.5 Å². The number of benzene rings is 3. The summed E-state index contributed by atoms with van der Waals surface area (Å²) in [4.78, 5) is 23.0. The molecule has 0 spiro atoms. The van der Waals surface area contributed by atoms with Crippen molar-refractivity contribution >= 4 is 39.9 Å². The molecule has 6 nitrogen and oxygen atoms in total. The molecule has 1 amide bonds. The van der Waals surface area contributed by atoms with Gasteiger partial charge in [-0.25, -0.2) is 4.99 Å². The number of carbonyl (C=O) groups excluding carboxylic acids is 1. The first-order valence-electron chi connectivity index (χ1n) is 11.6. The minimum absolute atomic E-state index is 0.0663. The highest BCUT2D eigenvalue weighted by Gasteiger charge is 2.35. The van der Waals surface area contributed by atoms with Crippen LogP contribution in [-0.4, -0.2) is 29.1 Å².